The number of piperazine rings is 1. The van der Waals surface area contributed by atoms with Gasteiger partial charge in [0, 0.05) is 39.3 Å². The van der Waals surface area contributed by atoms with Crippen molar-refractivity contribution in [3.05, 3.63) is 30.1 Å². The van der Waals surface area contributed by atoms with Crippen molar-refractivity contribution in [2.24, 2.45) is 5.73 Å². The van der Waals surface area contributed by atoms with Crippen LogP contribution in [0.15, 0.2) is 24.3 Å². The number of carbonyl (C=O) groups excluding carboxylic acids is 1. The zero-order valence-corrected chi connectivity index (χ0v) is 22.0. The summed E-state index contributed by atoms with van der Waals surface area (Å²) in [5.74, 6) is 1.38. The average molecular weight is 549 g/mol. The Balaban J connectivity index is 1.47. The number of aromatic amines is 1. The normalized spacial score (nSPS) is 17.4. The fourth-order valence-corrected chi connectivity index (χ4v) is 5.17. The van der Waals surface area contributed by atoms with Crippen LogP contribution in [0.3, 0.4) is 0 Å². The largest absolute Gasteiger partial charge is 0.396 e. The maximum absolute atomic E-state index is 14.1. The van der Waals surface area contributed by atoms with Crippen LogP contribution in [0.25, 0.3) is 17.0 Å². The molecule has 38 heavy (non-hydrogen) atoms. The predicted molar refractivity (Wildman–Crippen MR) is 141 cm³/mol. The quantitative estimate of drug-likeness (QED) is 0.399. The Kier molecular flexibility index (Phi) is 8.19. The molecule has 2 fully saturated rings. The van der Waals surface area contributed by atoms with Crippen LogP contribution >= 0.6 is 11.8 Å². The number of imidazole rings is 1. The molecule has 0 spiro atoms. The van der Waals surface area contributed by atoms with Crippen molar-refractivity contribution in [3.8, 4) is 5.95 Å². The van der Waals surface area contributed by atoms with Crippen LogP contribution in [-0.2, 0) is 9.53 Å². The summed E-state index contributed by atoms with van der Waals surface area (Å²) in [4.78, 5) is 35.3. The highest BCUT2D eigenvalue weighted by molar-refractivity contribution is 7.98. The first-order chi connectivity index (χ1) is 18.5. The number of aromatic nitrogens is 5. The SMILES string of the molecule is CSCC[C@H](N)C(=O)N1CCN(c2nc(N3CCOCC3)nc(-[n+]3c(C(F)F)[nH]c4ccccc43)n2)CC1. The van der Waals surface area contributed by atoms with Gasteiger partial charge < -0.3 is 25.2 Å². The lowest BCUT2D eigenvalue weighted by Crippen LogP contribution is -2.54. The Morgan fingerprint density at radius 2 is 1.74 bits per heavy atom. The number of alkyl halides is 2. The van der Waals surface area contributed by atoms with Gasteiger partial charge in [0.1, 0.15) is 11.0 Å². The minimum atomic E-state index is -2.76. The van der Waals surface area contributed by atoms with E-state index in [1.165, 1.54) is 4.57 Å². The molecule has 204 valence electrons. The van der Waals surface area contributed by atoms with Crippen LogP contribution < -0.4 is 20.1 Å². The molecule has 0 saturated carbocycles. The summed E-state index contributed by atoms with van der Waals surface area (Å²) in [6.07, 6.45) is -0.142. The van der Waals surface area contributed by atoms with Crippen LogP contribution in [0, 0.1) is 0 Å². The predicted octanol–water partition coefficient (Wildman–Crippen LogP) is 1.13. The first-order valence-electron chi connectivity index (χ1n) is 12.6. The van der Waals surface area contributed by atoms with Gasteiger partial charge in [-0.25, -0.2) is 0 Å². The number of nitrogens with zero attached hydrogens (tertiary/aromatic N) is 7. The molecule has 5 rings (SSSR count). The Bertz CT molecular complexity index is 1260. The number of hydrogen-bond donors (Lipinski definition) is 2. The molecule has 3 aromatic rings. The lowest BCUT2D eigenvalue weighted by atomic mass is 10.2. The van der Waals surface area contributed by atoms with Crippen molar-refractivity contribution in [2.45, 2.75) is 18.9 Å². The summed E-state index contributed by atoms with van der Waals surface area (Å²) >= 11 is 1.66. The minimum Gasteiger partial charge on any atom is -0.378 e. The second-order valence-electron chi connectivity index (χ2n) is 9.20. The second-order valence-corrected chi connectivity index (χ2v) is 10.2. The van der Waals surface area contributed by atoms with Gasteiger partial charge in [-0.1, -0.05) is 22.1 Å². The number of ether oxygens (including phenoxy) is 1. The van der Waals surface area contributed by atoms with Crippen molar-refractivity contribution < 1.29 is 22.9 Å². The summed E-state index contributed by atoms with van der Waals surface area (Å²) in [7, 11) is 0. The number of halogens is 2. The number of hydrogen-bond acceptors (Lipinski definition) is 9. The van der Waals surface area contributed by atoms with E-state index in [1.54, 1.807) is 40.9 Å². The van der Waals surface area contributed by atoms with Crippen molar-refractivity contribution in [3.63, 3.8) is 0 Å². The number of nitrogens with two attached hydrogens (primary N) is 1. The zero-order valence-electron chi connectivity index (χ0n) is 21.2. The molecule has 0 bridgehead atoms. The Morgan fingerprint density at radius 1 is 1.08 bits per heavy atom. The number of anilines is 2. The van der Waals surface area contributed by atoms with Crippen LogP contribution in [0.2, 0.25) is 0 Å². The smallest absolute Gasteiger partial charge is 0.378 e. The summed E-state index contributed by atoms with van der Waals surface area (Å²) in [5, 5.41) is 0. The van der Waals surface area contributed by atoms with Gasteiger partial charge in [0.15, 0.2) is 0 Å². The molecule has 0 radical (unpaired) electrons. The minimum absolute atomic E-state index is 0.0556. The van der Waals surface area contributed by atoms with Gasteiger partial charge in [-0.3, -0.25) is 9.78 Å². The fraction of sp³-hybridized carbons (Fsp3) is 0.542. The standard InChI is InChI=1S/C24H31F2N9O2S/c1-38-15-6-16(27)21(36)32-7-9-33(10-8-32)22-29-23(34-11-13-37-14-12-34)31-24(30-22)35-18-5-3-2-4-17(18)28-20(35)19(25)26/h2-5,16,19H,6-15,27H2,1H3/p+1/t16-/m0/s1. The maximum Gasteiger partial charge on any atom is 0.396 e. The van der Waals surface area contributed by atoms with Gasteiger partial charge in [0.25, 0.3) is 11.9 Å². The van der Waals surface area contributed by atoms with Crippen LogP contribution in [0.4, 0.5) is 20.7 Å². The average Bonchev–Trinajstić information content (AvgIpc) is 3.36. The monoisotopic (exact) mass is 548 g/mol. The molecular formula is C24H32F2N9O2S+. The van der Waals surface area contributed by atoms with Gasteiger partial charge in [-0.2, -0.15) is 30.1 Å². The molecule has 2 aliphatic rings. The second kappa shape index (κ2) is 11.7. The Labute approximate surface area is 223 Å². The molecule has 3 N–H and O–H groups in total. The van der Waals surface area contributed by atoms with Crippen molar-refractivity contribution in [2.75, 3.05) is 74.3 Å². The summed E-state index contributed by atoms with van der Waals surface area (Å²) < 4.78 is 35.1. The summed E-state index contributed by atoms with van der Waals surface area (Å²) in [6, 6.07) is 6.54. The van der Waals surface area contributed by atoms with E-state index in [0.717, 1.165) is 5.75 Å². The molecule has 0 aliphatic carbocycles. The van der Waals surface area contributed by atoms with E-state index < -0.39 is 12.5 Å². The fourth-order valence-electron chi connectivity index (χ4n) is 4.68. The molecule has 1 aromatic carbocycles. The van der Waals surface area contributed by atoms with Crippen LogP contribution in [0.1, 0.15) is 18.7 Å². The lowest BCUT2D eigenvalue weighted by molar-refractivity contribution is -0.590. The molecule has 0 unspecified atom stereocenters. The molecule has 14 heteroatoms. The number of carbonyl (C=O) groups is 1. The van der Waals surface area contributed by atoms with E-state index in [1.807, 2.05) is 16.1 Å². The van der Waals surface area contributed by atoms with E-state index in [9.17, 15) is 13.6 Å². The summed E-state index contributed by atoms with van der Waals surface area (Å²) in [5.41, 5.74) is 7.21. The number of amides is 1. The van der Waals surface area contributed by atoms with Crippen molar-refractivity contribution in [1.82, 2.24) is 24.8 Å². The van der Waals surface area contributed by atoms with Gasteiger partial charge in [-0.15, -0.1) is 0 Å². The van der Waals surface area contributed by atoms with Gasteiger partial charge in [-0.05, 0) is 30.6 Å². The number of fused-ring (bicyclic) bond motifs is 1. The highest BCUT2D eigenvalue weighted by Crippen LogP contribution is 2.23. The number of H-pyrrole nitrogens is 1. The number of morpholine rings is 1. The molecule has 11 nitrogen and oxygen atoms in total. The third kappa shape index (κ3) is 5.52. The number of nitrogens with one attached hydrogen (secondary N) is 1. The van der Waals surface area contributed by atoms with Crippen LogP contribution in [-0.4, -0.2) is 101 Å². The molecule has 1 amide bonds. The maximum atomic E-state index is 14.1. The first-order valence-corrected chi connectivity index (χ1v) is 14.0. The third-order valence-corrected chi connectivity index (χ3v) is 7.42. The molecule has 1 atom stereocenters. The topological polar surface area (TPSA) is 120 Å². The van der Waals surface area contributed by atoms with E-state index >= 15 is 0 Å². The number of thioether (sulfide) groups is 1. The van der Waals surface area contributed by atoms with E-state index in [0.29, 0.717) is 81.8 Å². The molecule has 2 saturated heterocycles. The molecular weight excluding hydrogens is 516 g/mol. The number of benzene rings is 1. The molecule has 4 heterocycles. The first kappa shape index (κ1) is 26.5. The third-order valence-electron chi connectivity index (χ3n) is 6.77. The highest BCUT2D eigenvalue weighted by Gasteiger charge is 2.32. The van der Waals surface area contributed by atoms with E-state index in [-0.39, 0.29) is 17.7 Å². The van der Waals surface area contributed by atoms with Gasteiger partial charge in [0.05, 0.1) is 19.3 Å². The Morgan fingerprint density at radius 3 is 2.39 bits per heavy atom. The van der Waals surface area contributed by atoms with Crippen LogP contribution in [0.5, 0.6) is 0 Å². The number of rotatable bonds is 8. The summed E-state index contributed by atoms with van der Waals surface area (Å²) in [6.45, 7) is 4.15. The lowest BCUT2D eigenvalue weighted by Gasteiger charge is -2.35. The van der Waals surface area contributed by atoms with Gasteiger partial charge in [0.2, 0.25) is 11.7 Å². The van der Waals surface area contributed by atoms with Crippen molar-refractivity contribution >= 4 is 40.6 Å². The number of para-hydroxylation sites is 2. The highest BCUT2D eigenvalue weighted by atomic mass is 32.2. The van der Waals surface area contributed by atoms with E-state index in [4.69, 9.17) is 15.5 Å². The van der Waals surface area contributed by atoms with Crippen molar-refractivity contribution in [1.29, 1.82) is 0 Å². The Hall–Kier alpha value is -3.10. The van der Waals surface area contributed by atoms with E-state index in [2.05, 4.69) is 15.0 Å². The van der Waals surface area contributed by atoms with Gasteiger partial charge >= 0.3 is 12.4 Å². The molecule has 2 aliphatic heterocycles. The zero-order chi connectivity index (χ0) is 26.6. The molecule has 2 aromatic heterocycles.